The molecule has 0 aliphatic carbocycles. The first kappa shape index (κ1) is 15.1. The molecular formula is C14H22N2O3S. The van der Waals surface area contributed by atoms with Crippen LogP contribution in [0.2, 0.25) is 0 Å². The van der Waals surface area contributed by atoms with Crippen LogP contribution in [0.25, 0.3) is 0 Å². The van der Waals surface area contributed by atoms with Gasteiger partial charge in [-0.3, -0.25) is 4.72 Å². The van der Waals surface area contributed by atoms with Gasteiger partial charge in [0, 0.05) is 24.3 Å². The van der Waals surface area contributed by atoms with Gasteiger partial charge in [0.1, 0.15) is 0 Å². The molecule has 1 aromatic carbocycles. The van der Waals surface area contributed by atoms with Crippen molar-refractivity contribution in [1.29, 1.82) is 0 Å². The lowest BCUT2D eigenvalue weighted by Crippen LogP contribution is -2.26. The predicted molar refractivity (Wildman–Crippen MR) is 81.7 cm³/mol. The van der Waals surface area contributed by atoms with E-state index in [9.17, 15) is 8.42 Å². The lowest BCUT2D eigenvalue weighted by atomic mass is 10.0. The van der Waals surface area contributed by atoms with E-state index in [1.165, 1.54) is 0 Å². The summed E-state index contributed by atoms with van der Waals surface area (Å²) >= 11 is 0. The van der Waals surface area contributed by atoms with E-state index in [4.69, 9.17) is 4.74 Å². The molecule has 112 valence electrons. The van der Waals surface area contributed by atoms with Crippen LogP contribution in [0.3, 0.4) is 0 Å². The summed E-state index contributed by atoms with van der Waals surface area (Å²) in [6.07, 6.45) is 2.24. The highest BCUT2D eigenvalue weighted by Gasteiger charge is 2.22. The van der Waals surface area contributed by atoms with Crippen LogP contribution in [0, 0.1) is 12.8 Å². The number of hydrogen-bond acceptors (Lipinski definition) is 4. The van der Waals surface area contributed by atoms with Gasteiger partial charge in [-0.1, -0.05) is 0 Å². The summed E-state index contributed by atoms with van der Waals surface area (Å²) in [4.78, 5) is 0. The molecule has 1 saturated heterocycles. The zero-order chi connectivity index (χ0) is 14.8. The normalized spacial score (nSPS) is 20.6. The van der Waals surface area contributed by atoms with Gasteiger partial charge >= 0.3 is 0 Å². The van der Waals surface area contributed by atoms with Crippen molar-refractivity contribution in [3.63, 3.8) is 0 Å². The number of nitrogens with one attached hydrogen (secondary N) is 2. The second-order valence-corrected chi connectivity index (χ2v) is 7.21. The average molecular weight is 298 g/mol. The number of anilines is 2. The van der Waals surface area contributed by atoms with E-state index in [-0.39, 0.29) is 0 Å². The molecule has 20 heavy (non-hydrogen) atoms. The number of aryl methyl sites for hydroxylation is 1. The smallest absolute Gasteiger partial charge is 0.229 e. The third-order valence-corrected chi connectivity index (χ3v) is 4.18. The van der Waals surface area contributed by atoms with Crippen molar-refractivity contribution in [3.05, 3.63) is 23.8 Å². The van der Waals surface area contributed by atoms with Crippen molar-refractivity contribution in [1.82, 2.24) is 0 Å². The third-order valence-electron chi connectivity index (χ3n) is 3.59. The van der Waals surface area contributed by atoms with Crippen LogP contribution < -0.4 is 10.0 Å². The summed E-state index contributed by atoms with van der Waals surface area (Å²) in [7, 11) is -3.24. The van der Waals surface area contributed by atoms with E-state index in [0.29, 0.717) is 17.6 Å². The minimum absolute atomic E-state index is 0.339. The van der Waals surface area contributed by atoms with Crippen LogP contribution in [0.1, 0.15) is 18.9 Å². The molecule has 0 amide bonds. The van der Waals surface area contributed by atoms with Gasteiger partial charge in [-0.05, 0) is 44.0 Å². The highest BCUT2D eigenvalue weighted by molar-refractivity contribution is 7.92. The molecule has 2 unspecified atom stereocenters. The van der Waals surface area contributed by atoms with Crippen molar-refractivity contribution in [2.24, 2.45) is 5.92 Å². The molecule has 0 radical (unpaired) electrons. The predicted octanol–water partition coefficient (Wildman–Crippen LogP) is 2.20. The Morgan fingerprint density at radius 1 is 1.40 bits per heavy atom. The van der Waals surface area contributed by atoms with Gasteiger partial charge in [0.2, 0.25) is 10.0 Å². The number of benzene rings is 1. The van der Waals surface area contributed by atoms with Crippen LogP contribution in [0.15, 0.2) is 18.2 Å². The summed E-state index contributed by atoms with van der Waals surface area (Å²) in [6, 6.07) is 5.98. The summed E-state index contributed by atoms with van der Waals surface area (Å²) < 4.78 is 30.4. The largest absolute Gasteiger partial charge is 0.382 e. The first-order chi connectivity index (χ1) is 9.35. The summed E-state index contributed by atoms with van der Waals surface area (Å²) in [5, 5.41) is 3.46. The number of sulfonamides is 1. The van der Waals surface area contributed by atoms with Gasteiger partial charge in [0.25, 0.3) is 0 Å². The maximum atomic E-state index is 11.2. The van der Waals surface area contributed by atoms with Crippen molar-refractivity contribution < 1.29 is 13.2 Å². The molecular weight excluding hydrogens is 276 g/mol. The molecule has 1 fully saturated rings. The van der Waals surface area contributed by atoms with Gasteiger partial charge < -0.3 is 10.1 Å². The summed E-state index contributed by atoms with van der Waals surface area (Å²) in [5.74, 6) is 0.532. The molecule has 1 aliphatic heterocycles. The molecule has 1 aliphatic rings. The minimum atomic E-state index is -3.24. The van der Waals surface area contributed by atoms with Crippen molar-refractivity contribution in [2.45, 2.75) is 26.3 Å². The van der Waals surface area contributed by atoms with E-state index in [2.05, 4.69) is 17.0 Å². The van der Waals surface area contributed by atoms with Crippen molar-refractivity contribution >= 4 is 21.4 Å². The fraction of sp³-hybridized carbons (Fsp3) is 0.571. The Balaban J connectivity index is 2.05. The maximum absolute atomic E-state index is 11.2. The van der Waals surface area contributed by atoms with Crippen molar-refractivity contribution in [2.75, 3.05) is 29.5 Å². The van der Waals surface area contributed by atoms with Gasteiger partial charge in [-0.25, -0.2) is 8.42 Å². The van der Waals surface area contributed by atoms with Crippen LogP contribution in [0.5, 0.6) is 0 Å². The van der Waals surface area contributed by atoms with Crippen LogP contribution in [-0.4, -0.2) is 33.9 Å². The first-order valence-electron chi connectivity index (χ1n) is 6.78. The SMILES string of the molecule is Cc1cc(NC(C)C2CCOC2)ccc1NS(C)(=O)=O. The second kappa shape index (κ2) is 6.01. The highest BCUT2D eigenvalue weighted by Crippen LogP contribution is 2.24. The molecule has 2 rings (SSSR count). The molecule has 5 nitrogen and oxygen atoms in total. The second-order valence-electron chi connectivity index (χ2n) is 5.46. The Hall–Kier alpha value is -1.27. The minimum Gasteiger partial charge on any atom is -0.382 e. The first-order valence-corrected chi connectivity index (χ1v) is 8.67. The van der Waals surface area contributed by atoms with Gasteiger partial charge in [-0.15, -0.1) is 0 Å². The van der Waals surface area contributed by atoms with Crippen LogP contribution in [0.4, 0.5) is 11.4 Å². The molecule has 0 saturated carbocycles. The number of rotatable bonds is 5. The molecule has 0 aromatic heterocycles. The highest BCUT2D eigenvalue weighted by atomic mass is 32.2. The average Bonchev–Trinajstić information content (AvgIpc) is 2.85. The molecule has 0 spiro atoms. The Bertz CT molecular complexity index is 566. The monoisotopic (exact) mass is 298 g/mol. The van der Waals surface area contributed by atoms with Gasteiger partial charge in [0.05, 0.1) is 18.6 Å². The topological polar surface area (TPSA) is 67.4 Å². The van der Waals surface area contributed by atoms with Crippen LogP contribution >= 0.6 is 0 Å². The fourth-order valence-corrected chi connectivity index (χ4v) is 3.02. The van der Waals surface area contributed by atoms with Crippen molar-refractivity contribution in [3.8, 4) is 0 Å². The zero-order valence-electron chi connectivity index (χ0n) is 12.1. The number of hydrogen-bond donors (Lipinski definition) is 2. The molecule has 1 heterocycles. The maximum Gasteiger partial charge on any atom is 0.229 e. The lowest BCUT2D eigenvalue weighted by Gasteiger charge is -2.21. The van der Waals surface area contributed by atoms with E-state index in [1.807, 2.05) is 19.1 Å². The summed E-state index contributed by atoms with van der Waals surface area (Å²) in [6.45, 7) is 5.69. The lowest BCUT2D eigenvalue weighted by molar-refractivity contribution is 0.183. The number of ether oxygens (including phenoxy) is 1. The molecule has 0 bridgehead atoms. The molecule has 2 atom stereocenters. The Morgan fingerprint density at radius 2 is 2.15 bits per heavy atom. The quantitative estimate of drug-likeness (QED) is 0.874. The van der Waals surface area contributed by atoms with E-state index in [0.717, 1.165) is 37.1 Å². The van der Waals surface area contributed by atoms with Crippen LogP contribution in [-0.2, 0) is 14.8 Å². The fourth-order valence-electron chi connectivity index (χ4n) is 2.40. The Kier molecular flexibility index (Phi) is 4.55. The summed E-state index contributed by atoms with van der Waals surface area (Å²) in [5.41, 5.74) is 2.52. The molecule has 6 heteroatoms. The Labute approximate surface area is 120 Å². The van der Waals surface area contributed by atoms with E-state index < -0.39 is 10.0 Å². The van der Waals surface area contributed by atoms with E-state index >= 15 is 0 Å². The molecule has 2 N–H and O–H groups in total. The van der Waals surface area contributed by atoms with E-state index in [1.54, 1.807) is 6.07 Å². The standard InChI is InChI=1S/C14H22N2O3S/c1-10-8-13(4-5-14(10)16-20(3,17)18)15-11(2)12-6-7-19-9-12/h4-5,8,11-12,15-16H,6-7,9H2,1-3H3. The zero-order valence-corrected chi connectivity index (χ0v) is 13.0. The molecule has 1 aromatic rings. The van der Waals surface area contributed by atoms with Gasteiger partial charge in [-0.2, -0.15) is 0 Å². The Morgan fingerprint density at radius 3 is 2.70 bits per heavy atom. The third kappa shape index (κ3) is 4.11. The van der Waals surface area contributed by atoms with Gasteiger partial charge in [0.15, 0.2) is 0 Å².